The van der Waals surface area contributed by atoms with Crippen LogP contribution in [0.4, 0.5) is 10.1 Å². The topological polar surface area (TPSA) is 41.1 Å². The molecule has 0 radical (unpaired) electrons. The molecule has 0 aliphatic carbocycles. The molecule has 162 valence electrons. The van der Waals surface area contributed by atoms with E-state index in [2.05, 4.69) is 38.3 Å². The van der Waals surface area contributed by atoms with Crippen molar-refractivity contribution in [3.05, 3.63) is 57.4 Å². The molecule has 2 aromatic carbocycles. The molecule has 2 rings (SSSR count). The quantitative estimate of drug-likeness (QED) is 0.536. The minimum atomic E-state index is -0.250. The normalized spacial score (nSPS) is 11.9. The number of halogens is 1. The first-order valence-electron chi connectivity index (χ1n) is 10.6. The monoisotopic (exact) mass is 410 g/mol. The van der Waals surface area contributed by atoms with E-state index in [0.29, 0.717) is 11.3 Å². The van der Waals surface area contributed by atoms with Crippen molar-refractivity contribution in [3.8, 4) is 11.1 Å². The highest BCUT2D eigenvalue weighted by molar-refractivity contribution is 5.98. The average Bonchev–Trinajstić information content (AvgIpc) is 2.64. The molecule has 3 nitrogen and oxygen atoms in total. The molecule has 0 bridgehead atoms. The van der Waals surface area contributed by atoms with Gasteiger partial charge in [0.15, 0.2) is 0 Å². The van der Waals surface area contributed by atoms with Gasteiger partial charge in [0.2, 0.25) is 5.91 Å². The van der Waals surface area contributed by atoms with Crippen molar-refractivity contribution < 1.29 is 9.18 Å². The van der Waals surface area contributed by atoms with Crippen LogP contribution in [0.25, 0.3) is 17.2 Å². The summed E-state index contributed by atoms with van der Waals surface area (Å²) in [5.74, 6) is -0.307. The van der Waals surface area contributed by atoms with E-state index in [0.717, 1.165) is 38.9 Å². The fraction of sp³-hybridized carbons (Fsp3) is 0.423. The lowest BCUT2D eigenvalue weighted by Gasteiger charge is -2.21. The summed E-state index contributed by atoms with van der Waals surface area (Å²) < 4.78 is 14.7. The van der Waals surface area contributed by atoms with Crippen LogP contribution in [0.5, 0.6) is 0 Å². The summed E-state index contributed by atoms with van der Waals surface area (Å²) in [7, 11) is 0. The third-order valence-electron chi connectivity index (χ3n) is 5.52. The van der Waals surface area contributed by atoms with Gasteiger partial charge in [0, 0.05) is 17.7 Å². The Morgan fingerprint density at radius 1 is 0.933 bits per heavy atom. The van der Waals surface area contributed by atoms with Crippen LogP contribution in [0.1, 0.15) is 62.4 Å². The number of benzene rings is 2. The maximum atomic E-state index is 14.7. The van der Waals surface area contributed by atoms with Crippen LogP contribution >= 0.6 is 0 Å². The number of hydrogen-bond acceptors (Lipinski definition) is 2. The fourth-order valence-corrected chi connectivity index (χ4v) is 3.75. The van der Waals surface area contributed by atoms with Gasteiger partial charge in [-0.05, 0) is 119 Å². The van der Waals surface area contributed by atoms with E-state index in [1.165, 1.54) is 0 Å². The van der Waals surface area contributed by atoms with Gasteiger partial charge >= 0.3 is 0 Å². The molecule has 0 aromatic heterocycles. The summed E-state index contributed by atoms with van der Waals surface area (Å²) in [6, 6.07) is 5.65. The van der Waals surface area contributed by atoms with Crippen LogP contribution in [0.15, 0.2) is 23.8 Å². The zero-order valence-corrected chi connectivity index (χ0v) is 19.8. The van der Waals surface area contributed by atoms with Crippen molar-refractivity contribution >= 4 is 17.7 Å². The molecule has 0 aliphatic rings. The van der Waals surface area contributed by atoms with Gasteiger partial charge in [-0.15, -0.1) is 0 Å². The molecular formula is C26H35FN2O. The van der Waals surface area contributed by atoms with Gasteiger partial charge in [0.25, 0.3) is 0 Å². The largest absolute Gasteiger partial charge is 0.381 e. The van der Waals surface area contributed by atoms with E-state index >= 15 is 0 Å². The predicted octanol–water partition coefficient (Wildman–Crippen LogP) is 6.47. The first-order valence-corrected chi connectivity index (χ1v) is 10.6. The summed E-state index contributed by atoms with van der Waals surface area (Å²) >= 11 is 0. The lowest BCUT2D eigenvalue weighted by atomic mass is 9.85. The molecule has 1 amide bonds. The van der Waals surface area contributed by atoms with Crippen molar-refractivity contribution in [2.75, 3.05) is 5.32 Å². The Labute approximate surface area is 180 Å². The van der Waals surface area contributed by atoms with Crippen LogP contribution in [-0.2, 0) is 4.79 Å². The minimum Gasteiger partial charge on any atom is -0.381 e. The number of hydrogen-bond donors (Lipinski definition) is 2. The predicted molar refractivity (Wildman–Crippen MR) is 126 cm³/mol. The molecule has 2 aromatic rings. The summed E-state index contributed by atoms with van der Waals surface area (Å²) in [4.78, 5) is 12.4. The number of anilines is 1. The molecule has 4 heteroatoms. The van der Waals surface area contributed by atoms with Gasteiger partial charge in [0.1, 0.15) is 5.82 Å². The van der Waals surface area contributed by atoms with E-state index in [1.54, 1.807) is 6.07 Å². The SMILES string of the molecule is CC(=Cc1c(C)c(C)c(-c2ccc(NC(C)C)c(F)c2)c(C)c1C)C(=O)NC(C)C. The van der Waals surface area contributed by atoms with E-state index < -0.39 is 0 Å². The molecule has 0 saturated heterocycles. The van der Waals surface area contributed by atoms with Gasteiger partial charge in [0.05, 0.1) is 5.69 Å². The molecular weight excluding hydrogens is 375 g/mol. The second kappa shape index (κ2) is 9.46. The van der Waals surface area contributed by atoms with Crippen molar-refractivity contribution in [2.24, 2.45) is 0 Å². The van der Waals surface area contributed by atoms with E-state index in [4.69, 9.17) is 0 Å². The van der Waals surface area contributed by atoms with Crippen LogP contribution in [-0.4, -0.2) is 18.0 Å². The Morgan fingerprint density at radius 2 is 1.50 bits per heavy atom. The first kappa shape index (κ1) is 23.7. The Hall–Kier alpha value is -2.62. The second-order valence-corrected chi connectivity index (χ2v) is 8.74. The molecule has 0 spiro atoms. The van der Waals surface area contributed by atoms with Gasteiger partial charge in [-0.2, -0.15) is 0 Å². The van der Waals surface area contributed by atoms with Gasteiger partial charge in [-0.1, -0.05) is 6.07 Å². The second-order valence-electron chi connectivity index (χ2n) is 8.74. The minimum absolute atomic E-state index is 0.0569. The Morgan fingerprint density at radius 3 is 1.97 bits per heavy atom. The van der Waals surface area contributed by atoms with Crippen molar-refractivity contribution in [3.63, 3.8) is 0 Å². The molecule has 0 heterocycles. The molecule has 0 fully saturated rings. The van der Waals surface area contributed by atoms with Crippen molar-refractivity contribution in [2.45, 2.75) is 74.4 Å². The molecule has 0 saturated carbocycles. The highest BCUT2D eigenvalue weighted by Gasteiger charge is 2.17. The third-order valence-corrected chi connectivity index (χ3v) is 5.52. The van der Waals surface area contributed by atoms with Crippen LogP contribution in [0, 0.1) is 33.5 Å². The lowest BCUT2D eigenvalue weighted by Crippen LogP contribution is -2.30. The first-order chi connectivity index (χ1) is 13.9. The molecule has 0 unspecified atom stereocenters. The van der Waals surface area contributed by atoms with Gasteiger partial charge in [-0.25, -0.2) is 4.39 Å². The third kappa shape index (κ3) is 5.10. The van der Waals surface area contributed by atoms with Crippen molar-refractivity contribution in [1.82, 2.24) is 5.32 Å². The lowest BCUT2D eigenvalue weighted by molar-refractivity contribution is -0.117. The number of amides is 1. The zero-order chi connectivity index (χ0) is 22.7. The standard InChI is InChI=1S/C26H35FN2O/c1-14(2)28-24-11-10-21(13-23(24)27)25-19(8)17(6)22(18(7)20(25)9)12-16(5)26(30)29-15(3)4/h10-15,28H,1-9H3,(H,29,30). The molecule has 30 heavy (non-hydrogen) atoms. The molecule has 0 aliphatic heterocycles. The van der Waals surface area contributed by atoms with Gasteiger partial charge in [-0.3, -0.25) is 4.79 Å². The maximum Gasteiger partial charge on any atom is 0.247 e. The maximum absolute atomic E-state index is 14.7. The highest BCUT2D eigenvalue weighted by Crippen LogP contribution is 2.36. The molecule has 2 N–H and O–H groups in total. The van der Waals surface area contributed by atoms with Crippen LogP contribution in [0.2, 0.25) is 0 Å². The van der Waals surface area contributed by atoms with Crippen LogP contribution in [0.3, 0.4) is 0 Å². The Balaban J connectivity index is 2.56. The summed E-state index contributed by atoms with van der Waals surface area (Å²) in [5.41, 5.74) is 8.60. The summed E-state index contributed by atoms with van der Waals surface area (Å²) in [6.07, 6.45) is 1.96. The van der Waals surface area contributed by atoms with E-state index in [-0.39, 0.29) is 23.8 Å². The Bertz CT molecular complexity index is 958. The van der Waals surface area contributed by atoms with E-state index in [9.17, 15) is 9.18 Å². The van der Waals surface area contributed by atoms with Crippen LogP contribution < -0.4 is 10.6 Å². The number of nitrogens with one attached hydrogen (secondary N) is 2. The fourth-order valence-electron chi connectivity index (χ4n) is 3.75. The van der Waals surface area contributed by atoms with Gasteiger partial charge < -0.3 is 10.6 Å². The summed E-state index contributed by atoms with van der Waals surface area (Å²) in [5, 5.41) is 6.08. The zero-order valence-electron chi connectivity index (χ0n) is 19.8. The number of rotatable bonds is 6. The summed E-state index contributed by atoms with van der Waals surface area (Å²) in [6.45, 7) is 18.0. The highest BCUT2D eigenvalue weighted by atomic mass is 19.1. The average molecular weight is 411 g/mol. The number of carbonyl (C=O) groups is 1. The Kier molecular flexibility index (Phi) is 7.46. The van der Waals surface area contributed by atoms with E-state index in [1.807, 2.05) is 52.8 Å². The van der Waals surface area contributed by atoms with Crippen molar-refractivity contribution in [1.29, 1.82) is 0 Å². The molecule has 0 atom stereocenters. The number of carbonyl (C=O) groups excluding carboxylic acids is 1. The smallest absolute Gasteiger partial charge is 0.247 e.